The minimum absolute atomic E-state index is 0.514. The van der Waals surface area contributed by atoms with E-state index in [1.165, 1.54) is 4.21 Å². The Kier molecular flexibility index (Phi) is 5.10. The molecule has 12 heavy (non-hydrogen) atoms. The number of rotatable bonds is 5. The highest BCUT2D eigenvalue weighted by Crippen LogP contribution is 2.34. The third-order valence-corrected chi connectivity index (χ3v) is 4.34. The van der Waals surface area contributed by atoms with E-state index < -0.39 is 6.29 Å². The van der Waals surface area contributed by atoms with Gasteiger partial charge in [-0.1, -0.05) is 16.9 Å². The molecule has 1 heterocycles. The molecular weight excluding hydrogens is 212 g/mol. The highest BCUT2D eigenvalue weighted by Gasteiger charge is 1.97. The lowest BCUT2D eigenvalue weighted by Crippen LogP contribution is -2.04. The molecule has 0 bridgehead atoms. The molecule has 2 nitrogen and oxygen atoms in total. The number of hydrogen-bond acceptors (Lipinski definition) is 5. The fraction of sp³-hybridized carbons (Fsp3) is 0.429. The van der Waals surface area contributed by atoms with Gasteiger partial charge < -0.3 is 9.84 Å². The lowest BCUT2D eigenvalue weighted by atomic mass is 10.7. The Morgan fingerprint density at radius 3 is 3.17 bits per heavy atom. The summed E-state index contributed by atoms with van der Waals surface area (Å²) in [6.07, 6.45) is -0.665. The summed E-state index contributed by atoms with van der Waals surface area (Å²) in [5.74, 6) is 0.514. The molecule has 0 fully saturated rings. The number of hydrogen-bond donors (Lipinski definition) is 1. The van der Waals surface area contributed by atoms with E-state index in [1.807, 2.05) is 11.4 Å². The van der Waals surface area contributed by atoms with E-state index in [9.17, 15) is 0 Å². The Morgan fingerprint density at radius 1 is 1.75 bits per heavy atom. The second kappa shape index (κ2) is 5.88. The predicted octanol–water partition coefficient (Wildman–Crippen LogP) is 2.80. The van der Waals surface area contributed by atoms with Crippen molar-refractivity contribution >= 4 is 32.9 Å². The first-order chi connectivity index (χ1) is 5.79. The molecule has 0 saturated heterocycles. The van der Waals surface area contributed by atoms with Crippen LogP contribution in [-0.4, -0.2) is 17.3 Å². The van der Waals surface area contributed by atoms with Gasteiger partial charge in [0.2, 0.25) is 0 Å². The molecule has 1 aromatic heterocycles. The molecule has 0 aliphatic carbocycles. The molecule has 5 heteroatoms. The van der Waals surface area contributed by atoms with Crippen LogP contribution < -0.4 is 0 Å². The van der Waals surface area contributed by atoms with Gasteiger partial charge in [0.25, 0.3) is 0 Å². The van der Waals surface area contributed by atoms with Crippen molar-refractivity contribution in [3.63, 3.8) is 0 Å². The van der Waals surface area contributed by atoms with Gasteiger partial charge in [-0.2, -0.15) is 0 Å². The average molecular weight is 222 g/mol. The molecule has 68 valence electrons. The monoisotopic (exact) mass is 222 g/mol. The van der Waals surface area contributed by atoms with Gasteiger partial charge in [-0.05, 0) is 29.2 Å². The van der Waals surface area contributed by atoms with Crippen molar-refractivity contribution in [1.82, 2.24) is 0 Å². The molecule has 0 amide bonds. The zero-order chi connectivity index (χ0) is 8.81. The van der Waals surface area contributed by atoms with E-state index in [0.717, 1.165) is 0 Å². The van der Waals surface area contributed by atoms with Gasteiger partial charge >= 0.3 is 0 Å². The summed E-state index contributed by atoms with van der Waals surface area (Å²) in [5.41, 5.74) is 0. The zero-order valence-electron chi connectivity index (χ0n) is 6.60. The van der Waals surface area contributed by atoms with Gasteiger partial charge in [-0.3, -0.25) is 0 Å². The number of aliphatic hydroxyl groups is 1. The first-order valence-electron chi connectivity index (χ1n) is 3.41. The van der Waals surface area contributed by atoms with Gasteiger partial charge in [0.15, 0.2) is 6.29 Å². The zero-order valence-corrected chi connectivity index (χ0v) is 9.05. The highest BCUT2D eigenvalue weighted by molar-refractivity contribution is 8.77. The van der Waals surface area contributed by atoms with E-state index in [0.29, 0.717) is 5.94 Å². The summed E-state index contributed by atoms with van der Waals surface area (Å²) >= 11 is 1.71. The molecule has 1 atom stereocenters. The number of thiophene rings is 1. The van der Waals surface area contributed by atoms with Crippen molar-refractivity contribution < 1.29 is 9.84 Å². The molecule has 0 aliphatic heterocycles. The largest absolute Gasteiger partial charge is 0.368 e. The maximum absolute atomic E-state index is 8.77. The second-order valence-corrected chi connectivity index (χ2v) is 5.51. The minimum atomic E-state index is -0.665. The minimum Gasteiger partial charge on any atom is -0.368 e. The summed E-state index contributed by atoms with van der Waals surface area (Å²) < 4.78 is 6.20. The third-order valence-electron chi connectivity index (χ3n) is 0.993. The molecule has 1 N–H and O–H groups in total. The molecule has 0 radical (unpaired) electrons. The molecule has 1 unspecified atom stereocenters. The van der Waals surface area contributed by atoms with Crippen molar-refractivity contribution in [2.24, 2.45) is 0 Å². The first-order valence-corrected chi connectivity index (χ1v) is 6.61. The fourth-order valence-electron chi connectivity index (χ4n) is 0.519. The first kappa shape index (κ1) is 10.4. The number of ether oxygens (including phenoxy) is 1. The Hall–Kier alpha value is 0.320. The lowest BCUT2D eigenvalue weighted by molar-refractivity contribution is -0.0650. The molecule has 0 spiro atoms. The summed E-state index contributed by atoms with van der Waals surface area (Å²) in [5, 5.41) is 10.8. The highest BCUT2D eigenvalue weighted by atomic mass is 33.1. The van der Waals surface area contributed by atoms with Gasteiger partial charge in [-0.15, -0.1) is 11.3 Å². The van der Waals surface area contributed by atoms with Crippen LogP contribution >= 0.6 is 32.9 Å². The van der Waals surface area contributed by atoms with Gasteiger partial charge in [0, 0.05) is 0 Å². The molecule has 0 saturated carbocycles. The Bertz CT molecular complexity index is 198. The molecule has 0 aliphatic rings. The molecular formula is C7H10O2S3. The molecule has 1 rings (SSSR count). The molecule has 0 aromatic carbocycles. The Morgan fingerprint density at radius 2 is 2.58 bits per heavy atom. The van der Waals surface area contributed by atoms with Crippen molar-refractivity contribution in [1.29, 1.82) is 0 Å². The van der Waals surface area contributed by atoms with Crippen LogP contribution in [0.4, 0.5) is 0 Å². The topological polar surface area (TPSA) is 29.5 Å². The van der Waals surface area contributed by atoms with Gasteiger partial charge in [0.1, 0.15) is 5.94 Å². The smallest absolute Gasteiger partial charge is 0.152 e. The SMILES string of the molecule is CC(O)OCSSc1cccs1. The Balaban J connectivity index is 2.04. The van der Waals surface area contributed by atoms with E-state index in [-0.39, 0.29) is 0 Å². The normalized spacial score (nSPS) is 13.2. The maximum atomic E-state index is 8.77. The predicted molar refractivity (Wildman–Crippen MR) is 55.4 cm³/mol. The summed E-state index contributed by atoms with van der Waals surface area (Å²) in [6.45, 7) is 1.61. The summed E-state index contributed by atoms with van der Waals surface area (Å²) in [6, 6.07) is 4.08. The van der Waals surface area contributed by atoms with Crippen LogP contribution in [0.15, 0.2) is 21.7 Å². The van der Waals surface area contributed by atoms with Crippen LogP contribution in [0.3, 0.4) is 0 Å². The second-order valence-electron chi connectivity index (χ2n) is 2.02. The Labute approximate surface area is 83.7 Å². The fourth-order valence-corrected chi connectivity index (χ4v) is 3.46. The van der Waals surface area contributed by atoms with Crippen molar-refractivity contribution in [2.75, 3.05) is 5.94 Å². The van der Waals surface area contributed by atoms with Crippen LogP contribution in [0.5, 0.6) is 0 Å². The lowest BCUT2D eigenvalue weighted by Gasteiger charge is -2.03. The summed E-state index contributed by atoms with van der Waals surface area (Å²) in [4.78, 5) is 0. The maximum Gasteiger partial charge on any atom is 0.152 e. The average Bonchev–Trinajstić information content (AvgIpc) is 2.49. The van der Waals surface area contributed by atoms with E-state index in [1.54, 1.807) is 39.8 Å². The van der Waals surface area contributed by atoms with Crippen LogP contribution in [0.25, 0.3) is 0 Å². The summed E-state index contributed by atoms with van der Waals surface area (Å²) in [7, 11) is 3.25. The van der Waals surface area contributed by atoms with Crippen LogP contribution in [0.1, 0.15) is 6.92 Å². The number of aliphatic hydroxyl groups excluding tert-OH is 1. The van der Waals surface area contributed by atoms with Crippen molar-refractivity contribution in [3.8, 4) is 0 Å². The quantitative estimate of drug-likeness (QED) is 0.471. The van der Waals surface area contributed by atoms with E-state index in [4.69, 9.17) is 9.84 Å². The third kappa shape index (κ3) is 4.37. The van der Waals surface area contributed by atoms with Crippen LogP contribution in [-0.2, 0) is 4.74 Å². The van der Waals surface area contributed by atoms with Crippen LogP contribution in [0, 0.1) is 0 Å². The van der Waals surface area contributed by atoms with E-state index in [2.05, 4.69) is 6.07 Å². The van der Waals surface area contributed by atoms with Crippen molar-refractivity contribution in [2.45, 2.75) is 17.4 Å². The van der Waals surface area contributed by atoms with Gasteiger partial charge in [-0.25, -0.2) is 0 Å². The van der Waals surface area contributed by atoms with Crippen molar-refractivity contribution in [3.05, 3.63) is 17.5 Å². The standard InChI is InChI=1S/C7H10O2S3/c1-6(8)9-5-11-12-7-3-2-4-10-7/h2-4,6,8H,5H2,1H3. The van der Waals surface area contributed by atoms with E-state index >= 15 is 0 Å². The van der Waals surface area contributed by atoms with Crippen LogP contribution in [0.2, 0.25) is 0 Å². The van der Waals surface area contributed by atoms with Gasteiger partial charge in [0.05, 0.1) is 4.21 Å². The molecule has 1 aromatic rings.